The summed E-state index contributed by atoms with van der Waals surface area (Å²) in [4.78, 5) is 1.24. The molecule has 1 fully saturated rings. The maximum Gasteiger partial charge on any atom is 0.145 e. The number of anilines is 1. The Kier molecular flexibility index (Phi) is 2.78. The van der Waals surface area contributed by atoms with Crippen LogP contribution >= 0.6 is 11.8 Å². The van der Waals surface area contributed by atoms with Crippen LogP contribution in [0.3, 0.4) is 0 Å². The lowest BCUT2D eigenvalue weighted by molar-refractivity contribution is 0.0455. The number of hydrogen-bond acceptors (Lipinski definition) is 4. The molecular formula is C12H13N3OS. The highest BCUT2D eigenvalue weighted by molar-refractivity contribution is 8.00. The molecule has 0 bridgehead atoms. The van der Waals surface area contributed by atoms with Crippen molar-refractivity contribution < 1.29 is 4.74 Å². The number of nitrogens with zero attached hydrogens (tertiary/aromatic N) is 1. The number of aromatic nitrogens is 2. The van der Waals surface area contributed by atoms with Crippen LogP contribution in [0.15, 0.2) is 35.2 Å². The second-order valence-electron chi connectivity index (χ2n) is 3.98. The minimum atomic E-state index is 0.520. The predicted molar refractivity (Wildman–Crippen MR) is 68.9 cm³/mol. The molecular weight excluding hydrogens is 234 g/mol. The molecule has 2 heterocycles. The van der Waals surface area contributed by atoms with Gasteiger partial charge in [0, 0.05) is 16.5 Å². The zero-order valence-electron chi connectivity index (χ0n) is 9.22. The van der Waals surface area contributed by atoms with Gasteiger partial charge >= 0.3 is 0 Å². The summed E-state index contributed by atoms with van der Waals surface area (Å²) in [6.45, 7) is 1.67. The van der Waals surface area contributed by atoms with Crippen LogP contribution in [0.5, 0.6) is 0 Å². The number of aromatic amines is 1. The monoisotopic (exact) mass is 247 g/mol. The van der Waals surface area contributed by atoms with Crippen molar-refractivity contribution in [1.29, 1.82) is 0 Å². The molecule has 4 nitrogen and oxygen atoms in total. The second-order valence-corrected chi connectivity index (χ2v) is 5.32. The standard InChI is InChI=1S/C12H13N3OS/c13-12-5-10(14-15-12)9-3-1-2-4-11(9)17-8-6-16-7-8/h1-5,8H,6-7H2,(H3,13,14,15). The molecule has 1 aliphatic heterocycles. The maximum absolute atomic E-state index is 5.64. The summed E-state index contributed by atoms with van der Waals surface area (Å²) in [6.07, 6.45) is 0. The molecule has 0 amide bonds. The Bertz CT molecular complexity index is 522. The van der Waals surface area contributed by atoms with Crippen LogP contribution in [-0.4, -0.2) is 28.7 Å². The van der Waals surface area contributed by atoms with Crippen LogP contribution in [0.4, 0.5) is 5.82 Å². The summed E-state index contributed by atoms with van der Waals surface area (Å²) < 4.78 is 5.20. The van der Waals surface area contributed by atoms with Gasteiger partial charge in [0.25, 0.3) is 0 Å². The number of thioether (sulfide) groups is 1. The fourth-order valence-electron chi connectivity index (χ4n) is 1.73. The van der Waals surface area contributed by atoms with Crippen molar-refractivity contribution in [3.05, 3.63) is 30.3 Å². The van der Waals surface area contributed by atoms with E-state index in [1.54, 1.807) is 0 Å². The Morgan fingerprint density at radius 3 is 2.82 bits per heavy atom. The number of benzene rings is 1. The summed E-state index contributed by atoms with van der Waals surface area (Å²) in [5.74, 6) is 0.520. The van der Waals surface area contributed by atoms with E-state index in [9.17, 15) is 0 Å². The van der Waals surface area contributed by atoms with Gasteiger partial charge in [-0.3, -0.25) is 5.10 Å². The molecule has 0 saturated carbocycles. The average molecular weight is 247 g/mol. The van der Waals surface area contributed by atoms with E-state index in [4.69, 9.17) is 10.5 Å². The van der Waals surface area contributed by atoms with Crippen LogP contribution in [0.25, 0.3) is 11.3 Å². The number of nitrogens with two attached hydrogens (primary N) is 1. The molecule has 3 rings (SSSR count). The highest BCUT2D eigenvalue weighted by atomic mass is 32.2. The molecule has 1 aliphatic rings. The first-order valence-corrected chi connectivity index (χ1v) is 6.35. The van der Waals surface area contributed by atoms with Gasteiger partial charge in [0.1, 0.15) is 5.82 Å². The van der Waals surface area contributed by atoms with Crippen LogP contribution in [0, 0.1) is 0 Å². The van der Waals surface area contributed by atoms with Crippen LogP contribution in [0.1, 0.15) is 0 Å². The molecule has 3 N–H and O–H groups in total. The van der Waals surface area contributed by atoms with Crippen molar-refractivity contribution >= 4 is 17.6 Å². The molecule has 17 heavy (non-hydrogen) atoms. The maximum atomic E-state index is 5.64. The Labute approximate surface area is 104 Å². The largest absolute Gasteiger partial charge is 0.382 e. The van der Waals surface area contributed by atoms with Gasteiger partial charge in [0.2, 0.25) is 0 Å². The Morgan fingerprint density at radius 2 is 2.18 bits per heavy atom. The fraction of sp³-hybridized carbons (Fsp3) is 0.250. The summed E-state index contributed by atoms with van der Waals surface area (Å²) in [5, 5.41) is 7.48. The highest BCUT2D eigenvalue weighted by Gasteiger charge is 2.21. The van der Waals surface area contributed by atoms with Crippen LogP contribution in [0.2, 0.25) is 0 Å². The predicted octanol–water partition coefficient (Wildman–Crippen LogP) is 2.15. The van der Waals surface area contributed by atoms with Gasteiger partial charge in [-0.05, 0) is 6.07 Å². The van der Waals surface area contributed by atoms with Gasteiger partial charge < -0.3 is 10.5 Å². The molecule has 5 heteroatoms. The minimum Gasteiger partial charge on any atom is -0.382 e. The summed E-state index contributed by atoms with van der Waals surface area (Å²) in [7, 11) is 0. The Hall–Kier alpha value is -1.46. The lowest BCUT2D eigenvalue weighted by Crippen LogP contribution is -2.30. The number of rotatable bonds is 3. The molecule has 0 atom stereocenters. The molecule has 0 aliphatic carbocycles. The van der Waals surface area contributed by atoms with Gasteiger partial charge in [0.15, 0.2) is 0 Å². The number of H-pyrrole nitrogens is 1. The third-order valence-corrected chi connectivity index (χ3v) is 3.89. The van der Waals surface area contributed by atoms with Crippen molar-refractivity contribution in [3.63, 3.8) is 0 Å². The number of nitrogens with one attached hydrogen (secondary N) is 1. The van der Waals surface area contributed by atoms with E-state index in [1.807, 2.05) is 30.0 Å². The third-order valence-electron chi connectivity index (χ3n) is 2.68. The molecule has 2 aromatic rings. The van der Waals surface area contributed by atoms with E-state index in [0.29, 0.717) is 11.1 Å². The lowest BCUT2D eigenvalue weighted by Gasteiger charge is -2.25. The van der Waals surface area contributed by atoms with Crippen LogP contribution < -0.4 is 5.73 Å². The van der Waals surface area contributed by atoms with E-state index in [0.717, 1.165) is 24.5 Å². The normalized spacial score (nSPS) is 15.8. The van der Waals surface area contributed by atoms with Gasteiger partial charge in [-0.25, -0.2) is 0 Å². The number of hydrogen-bond donors (Lipinski definition) is 2. The van der Waals surface area contributed by atoms with Gasteiger partial charge in [-0.15, -0.1) is 11.8 Å². The van der Waals surface area contributed by atoms with E-state index < -0.39 is 0 Å². The van der Waals surface area contributed by atoms with E-state index in [-0.39, 0.29) is 0 Å². The van der Waals surface area contributed by atoms with Gasteiger partial charge in [-0.1, -0.05) is 18.2 Å². The van der Waals surface area contributed by atoms with E-state index in [1.165, 1.54) is 4.90 Å². The molecule has 1 aromatic heterocycles. The average Bonchev–Trinajstić information content (AvgIpc) is 2.71. The van der Waals surface area contributed by atoms with E-state index in [2.05, 4.69) is 22.3 Å². The Balaban J connectivity index is 1.92. The van der Waals surface area contributed by atoms with Gasteiger partial charge in [-0.2, -0.15) is 5.10 Å². The highest BCUT2D eigenvalue weighted by Crippen LogP contribution is 2.35. The SMILES string of the molecule is Nc1cc(-c2ccccc2SC2COC2)[nH]n1. The fourth-order valence-corrected chi connectivity index (χ4v) is 2.88. The summed E-state index contributed by atoms with van der Waals surface area (Å²) in [5.41, 5.74) is 7.75. The lowest BCUT2D eigenvalue weighted by atomic mass is 10.1. The van der Waals surface area contributed by atoms with Crippen molar-refractivity contribution in [1.82, 2.24) is 10.2 Å². The molecule has 88 valence electrons. The smallest absolute Gasteiger partial charge is 0.145 e. The summed E-state index contributed by atoms with van der Waals surface area (Å²) >= 11 is 1.85. The zero-order chi connectivity index (χ0) is 11.7. The van der Waals surface area contributed by atoms with Crippen molar-refractivity contribution in [2.75, 3.05) is 18.9 Å². The zero-order valence-corrected chi connectivity index (χ0v) is 10.0. The number of ether oxygens (including phenoxy) is 1. The van der Waals surface area contributed by atoms with Crippen molar-refractivity contribution in [2.24, 2.45) is 0 Å². The van der Waals surface area contributed by atoms with E-state index >= 15 is 0 Å². The first-order chi connectivity index (χ1) is 8.33. The molecule has 0 radical (unpaired) electrons. The third kappa shape index (κ3) is 2.16. The topological polar surface area (TPSA) is 63.9 Å². The Morgan fingerprint density at radius 1 is 1.35 bits per heavy atom. The first kappa shape index (κ1) is 10.7. The number of nitrogen functional groups attached to an aromatic ring is 1. The van der Waals surface area contributed by atoms with Crippen molar-refractivity contribution in [2.45, 2.75) is 10.1 Å². The minimum absolute atomic E-state index is 0.520. The van der Waals surface area contributed by atoms with Gasteiger partial charge in [0.05, 0.1) is 24.2 Å². The second kappa shape index (κ2) is 4.43. The molecule has 0 unspecified atom stereocenters. The quantitative estimate of drug-likeness (QED) is 0.872. The van der Waals surface area contributed by atoms with Crippen LogP contribution in [-0.2, 0) is 4.74 Å². The molecule has 1 saturated heterocycles. The first-order valence-electron chi connectivity index (χ1n) is 5.47. The van der Waals surface area contributed by atoms with Crippen molar-refractivity contribution in [3.8, 4) is 11.3 Å². The summed E-state index contributed by atoms with van der Waals surface area (Å²) in [6, 6.07) is 10.1. The molecule has 1 aromatic carbocycles. The molecule has 0 spiro atoms.